The highest BCUT2D eigenvalue weighted by molar-refractivity contribution is 9.10. The number of halogens is 1. The predicted octanol–water partition coefficient (Wildman–Crippen LogP) is 4.22. The van der Waals surface area contributed by atoms with E-state index in [1.807, 2.05) is 24.3 Å². The largest absolute Gasteiger partial charge is 0.456 e. The van der Waals surface area contributed by atoms with Crippen LogP contribution in [0.3, 0.4) is 0 Å². The molecule has 2 aliphatic rings. The Bertz CT molecular complexity index is 1080. The number of ketones is 1. The van der Waals surface area contributed by atoms with Gasteiger partial charge in [-0.3, -0.25) is 9.59 Å². The molecule has 2 fully saturated rings. The highest BCUT2D eigenvalue weighted by Crippen LogP contribution is 2.51. The highest BCUT2D eigenvalue weighted by atomic mass is 79.9. The van der Waals surface area contributed by atoms with Crippen molar-refractivity contribution in [3.8, 4) is 0 Å². The van der Waals surface area contributed by atoms with Gasteiger partial charge in [0.05, 0.1) is 0 Å². The molecule has 5 rings (SSSR count). The average Bonchev–Trinajstić information content (AvgIpc) is 3.13. The van der Waals surface area contributed by atoms with Crippen LogP contribution in [0, 0.1) is 5.41 Å². The maximum Gasteiger partial charge on any atom is 0.323 e. The van der Waals surface area contributed by atoms with E-state index in [1.165, 1.54) is 12.8 Å². The van der Waals surface area contributed by atoms with Crippen molar-refractivity contribution in [2.45, 2.75) is 25.3 Å². The van der Waals surface area contributed by atoms with E-state index >= 15 is 0 Å². The van der Waals surface area contributed by atoms with Gasteiger partial charge in [-0.1, -0.05) is 22.0 Å². The Balaban J connectivity index is 1.30. The number of Topliss-reactive ketones (excluding diaryl/α,β-unsaturated/α-hetero) is 1. The van der Waals surface area contributed by atoms with Gasteiger partial charge in [-0.05, 0) is 55.0 Å². The molecule has 2 heterocycles. The number of esters is 1. The van der Waals surface area contributed by atoms with Gasteiger partial charge in [-0.25, -0.2) is 0 Å². The number of hydrogen-bond acceptors (Lipinski definition) is 5. The maximum atomic E-state index is 12.5. The molecule has 27 heavy (non-hydrogen) atoms. The summed E-state index contributed by atoms with van der Waals surface area (Å²) in [5, 5.41) is 5.17. The van der Waals surface area contributed by atoms with Crippen molar-refractivity contribution in [3.63, 3.8) is 0 Å². The van der Waals surface area contributed by atoms with Gasteiger partial charge in [0, 0.05) is 27.4 Å². The zero-order valence-corrected chi connectivity index (χ0v) is 16.2. The molecule has 3 aromatic rings. The molecule has 1 spiro atoms. The second kappa shape index (κ2) is 6.17. The normalized spacial score (nSPS) is 20.4. The standard InChI is InChI=1S/C21H18BrNO4/c22-13-2-4-15-14-3-1-12(7-18(14)27-19(15)8-13)17(24)10-26-20(25)16-9-21(5-6-21)11-23-16/h1-4,7-8,16,23H,5-6,9-11H2. The van der Waals surface area contributed by atoms with Gasteiger partial charge in [0.1, 0.15) is 17.2 Å². The van der Waals surface area contributed by atoms with Crippen LogP contribution in [0.25, 0.3) is 21.9 Å². The van der Waals surface area contributed by atoms with Crippen LogP contribution in [0.15, 0.2) is 45.3 Å². The van der Waals surface area contributed by atoms with E-state index in [1.54, 1.807) is 12.1 Å². The Morgan fingerprint density at radius 2 is 1.89 bits per heavy atom. The molecule has 0 bridgehead atoms. The molecule has 5 nitrogen and oxygen atoms in total. The molecule has 1 unspecified atom stereocenters. The van der Waals surface area contributed by atoms with Crippen LogP contribution in [0.2, 0.25) is 0 Å². The Labute approximate surface area is 164 Å². The van der Waals surface area contributed by atoms with Crippen molar-refractivity contribution >= 4 is 49.6 Å². The maximum absolute atomic E-state index is 12.5. The summed E-state index contributed by atoms with van der Waals surface area (Å²) in [7, 11) is 0. The summed E-state index contributed by atoms with van der Waals surface area (Å²) < 4.78 is 12.1. The van der Waals surface area contributed by atoms with Crippen LogP contribution in [-0.4, -0.2) is 30.9 Å². The molecular weight excluding hydrogens is 410 g/mol. The lowest BCUT2D eigenvalue weighted by molar-refractivity contribution is -0.144. The number of carbonyl (C=O) groups is 2. The smallest absolute Gasteiger partial charge is 0.323 e. The summed E-state index contributed by atoms with van der Waals surface area (Å²) in [5.74, 6) is -0.562. The van der Waals surface area contributed by atoms with Gasteiger partial charge < -0.3 is 14.5 Å². The van der Waals surface area contributed by atoms with Crippen molar-refractivity contribution in [1.29, 1.82) is 0 Å². The van der Waals surface area contributed by atoms with Crippen molar-refractivity contribution in [2.24, 2.45) is 5.41 Å². The first kappa shape index (κ1) is 17.0. The zero-order chi connectivity index (χ0) is 18.6. The minimum atomic E-state index is -0.332. The first-order valence-corrected chi connectivity index (χ1v) is 9.87. The van der Waals surface area contributed by atoms with Gasteiger partial charge in [-0.2, -0.15) is 0 Å². The van der Waals surface area contributed by atoms with Crippen molar-refractivity contribution in [3.05, 3.63) is 46.4 Å². The highest BCUT2D eigenvalue weighted by Gasteiger charge is 2.50. The number of fused-ring (bicyclic) bond motifs is 3. The van der Waals surface area contributed by atoms with E-state index in [4.69, 9.17) is 9.15 Å². The summed E-state index contributed by atoms with van der Waals surface area (Å²) in [6.45, 7) is 0.626. The topological polar surface area (TPSA) is 68.5 Å². The lowest BCUT2D eigenvalue weighted by atomic mass is 10.0. The molecule has 6 heteroatoms. The quantitative estimate of drug-likeness (QED) is 0.498. The summed E-state index contributed by atoms with van der Waals surface area (Å²) in [6, 6.07) is 10.9. The van der Waals surface area contributed by atoms with E-state index in [2.05, 4.69) is 21.2 Å². The molecule has 1 N–H and O–H groups in total. The Morgan fingerprint density at radius 1 is 1.15 bits per heavy atom. The van der Waals surface area contributed by atoms with E-state index < -0.39 is 0 Å². The molecular formula is C21H18BrNO4. The first-order valence-electron chi connectivity index (χ1n) is 9.08. The van der Waals surface area contributed by atoms with Crippen molar-refractivity contribution in [2.75, 3.05) is 13.2 Å². The SMILES string of the molecule is O=C(COC(=O)C1CC2(CC2)CN1)c1ccc2c(c1)oc1cc(Br)ccc12. The van der Waals surface area contributed by atoms with Gasteiger partial charge in [0.2, 0.25) is 0 Å². The Kier molecular flexibility index (Phi) is 3.88. The minimum absolute atomic E-state index is 0.231. The third kappa shape index (κ3) is 3.07. The number of ether oxygens (including phenoxy) is 1. The third-order valence-corrected chi connectivity index (χ3v) is 6.20. The van der Waals surface area contributed by atoms with Crippen molar-refractivity contribution < 1.29 is 18.7 Å². The van der Waals surface area contributed by atoms with Gasteiger partial charge >= 0.3 is 5.97 Å². The van der Waals surface area contributed by atoms with Crippen molar-refractivity contribution in [1.82, 2.24) is 5.32 Å². The average molecular weight is 428 g/mol. The number of benzene rings is 2. The fraction of sp³-hybridized carbons (Fsp3) is 0.333. The summed E-state index contributed by atoms with van der Waals surface area (Å²) in [6.07, 6.45) is 3.17. The molecule has 0 amide bonds. The molecule has 1 aromatic heterocycles. The van der Waals surface area contributed by atoms with Crippen LogP contribution in [0.1, 0.15) is 29.6 Å². The van der Waals surface area contributed by atoms with Gasteiger partial charge in [0.25, 0.3) is 0 Å². The van der Waals surface area contributed by atoms with E-state index in [0.29, 0.717) is 16.6 Å². The minimum Gasteiger partial charge on any atom is -0.456 e. The summed E-state index contributed by atoms with van der Waals surface area (Å²) in [4.78, 5) is 24.7. The van der Waals surface area contributed by atoms with Crippen LogP contribution in [0.4, 0.5) is 0 Å². The van der Waals surface area contributed by atoms with Crippen LogP contribution < -0.4 is 5.32 Å². The molecule has 1 atom stereocenters. The van der Waals surface area contributed by atoms with Crippen LogP contribution in [0.5, 0.6) is 0 Å². The Hall–Kier alpha value is -2.18. The van der Waals surface area contributed by atoms with E-state index in [0.717, 1.165) is 33.8 Å². The predicted molar refractivity (Wildman–Crippen MR) is 105 cm³/mol. The summed E-state index contributed by atoms with van der Waals surface area (Å²) >= 11 is 3.43. The van der Waals surface area contributed by atoms with Gasteiger partial charge in [0.15, 0.2) is 12.4 Å². The van der Waals surface area contributed by atoms with Crippen LogP contribution >= 0.6 is 15.9 Å². The molecule has 1 aliphatic carbocycles. The van der Waals surface area contributed by atoms with E-state index in [9.17, 15) is 9.59 Å². The molecule has 1 saturated heterocycles. The second-order valence-corrected chi connectivity index (χ2v) is 8.54. The molecule has 1 saturated carbocycles. The molecule has 0 radical (unpaired) electrons. The number of furan rings is 1. The number of hydrogen-bond donors (Lipinski definition) is 1. The number of nitrogens with one attached hydrogen (secondary N) is 1. The first-order chi connectivity index (χ1) is 13.0. The van der Waals surface area contributed by atoms with Gasteiger partial charge in [-0.15, -0.1) is 0 Å². The fourth-order valence-corrected chi connectivity index (χ4v) is 4.23. The number of carbonyl (C=O) groups excluding carboxylic acids is 2. The van der Waals surface area contributed by atoms with E-state index in [-0.39, 0.29) is 24.4 Å². The molecule has 2 aromatic carbocycles. The third-order valence-electron chi connectivity index (χ3n) is 5.71. The lowest BCUT2D eigenvalue weighted by Gasteiger charge is -2.10. The zero-order valence-electron chi connectivity index (χ0n) is 14.6. The second-order valence-electron chi connectivity index (χ2n) is 7.62. The summed E-state index contributed by atoms with van der Waals surface area (Å²) in [5.41, 5.74) is 2.20. The van der Waals surface area contributed by atoms with Crippen LogP contribution in [-0.2, 0) is 9.53 Å². The molecule has 1 aliphatic heterocycles. The Morgan fingerprint density at radius 3 is 2.63 bits per heavy atom. The monoisotopic (exact) mass is 427 g/mol. The number of rotatable bonds is 4. The molecule has 138 valence electrons. The fourth-order valence-electron chi connectivity index (χ4n) is 3.89. The lowest BCUT2D eigenvalue weighted by Crippen LogP contribution is -2.33.